The highest BCUT2D eigenvalue weighted by atomic mass is 32.2. The lowest BCUT2D eigenvalue weighted by Crippen LogP contribution is -2.46. The normalized spacial score (nSPS) is 18.5. The number of nitrogens with one attached hydrogen (secondary N) is 1. The van der Waals surface area contributed by atoms with E-state index >= 15 is 0 Å². The van der Waals surface area contributed by atoms with Crippen LogP contribution in [0.3, 0.4) is 0 Å². The summed E-state index contributed by atoms with van der Waals surface area (Å²) in [6.45, 7) is 4.89. The summed E-state index contributed by atoms with van der Waals surface area (Å²) in [5.41, 5.74) is 2.14. The van der Waals surface area contributed by atoms with Crippen molar-refractivity contribution in [3.63, 3.8) is 0 Å². The van der Waals surface area contributed by atoms with Gasteiger partial charge in [0.25, 0.3) is 5.91 Å². The van der Waals surface area contributed by atoms with Gasteiger partial charge in [-0.25, -0.2) is 8.42 Å². The van der Waals surface area contributed by atoms with Crippen molar-refractivity contribution in [1.82, 2.24) is 9.62 Å². The Morgan fingerprint density at radius 3 is 2.42 bits per heavy atom. The van der Waals surface area contributed by atoms with Crippen LogP contribution in [0.2, 0.25) is 0 Å². The fourth-order valence-corrected chi connectivity index (χ4v) is 5.92. The highest BCUT2D eigenvalue weighted by Crippen LogP contribution is 2.29. The minimum Gasteiger partial charge on any atom is -0.459 e. The molecule has 1 N–H and O–H groups in total. The first-order valence-electron chi connectivity index (χ1n) is 10.5. The SMILES string of the molecule is Cc1cc(N2CCCC2=O)ccc1S(=O)(=O)N1CCC(NC(=O)c2occc2C)CC1. The summed E-state index contributed by atoms with van der Waals surface area (Å²) in [6, 6.07) is 6.71. The number of carbonyl (C=O) groups excluding carboxylic acids is 2. The van der Waals surface area contributed by atoms with Crippen LogP contribution in [0.5, 0.6) is 0 Å². The average Bonchev–Trinajstić information content (AvgIpc) is 3.36. The molecule has 166 valence electrons. The Bertz CT molecular complexity index is 1100. The molecule has 4 rings (SSSR count). The smallest absolute Gasteiger partial charge is 0.287 e. The van der Waals surface area contributed by atoms with Crippen LogP contribution in [0.25, 0.3) is 0 Å². The van der Waals surface area contributed by atoms with Crippen LogP contribution in [0, 0.1) is 13.8 Å². The third-order valence-electron chi connectivity index (χ3n) is 6.02. The van der Waals surface area contributed by atoms with E-state index in [1.807, 2.05) is 0 Å². The van der Waals surface area contributed by atoms with Crippen LogP contribution in [0.4, 0.5) is 5.69 Å². The molecule has 0 aliphatic carbocycles. The number of aryl methyl sites for hydroxylation is 2. The van der Waals surface area contributed by atoms with Crippen LogP contribution >= 0.6 is 0 Å². The van der Waals surface area contributed by atoms with Gasteiger partial charge in [-0.1, -0.05) is 0 Å². The van der Waals surface area contributed by atoms with Gasteiger partial charge in [-0.15, -0.1) is 0 Å². The van der Waals surface area contributed by atoms with E-state index in [9.17, 15) is 18.0 Å². The second-order valence-corrected chi connectivity index (χ2v) is 10.1. The number of furan rings is 1. The molecule has 1 aromatic carbocycles. The minimum absolute atomic E-state index is 0.0730. The monoisotopic (exact) mass is 445 g/mol. The zero-order chi connectivity index (χ0) is 22.2. The van der Waals surface area contributed by atoms with E-state index in [1.165, 1.54) is 10.6 Å². The number of benzene rings is 1. The summed E-state index contributed by atoms with van der Waals surface area (Å²) in [5.74, 6) is 0.0952. The molecule has 2 aliphatic heterocycles. The molecule has 2 aliphatic rings. The Morgan fingerprint density at radius 2 is 1.84 bits per heavy atom. The van der Waals surface area contributed by atoms with Crippen molar-refractivity contribution in [2.75, 3.05) is 24.5 Å². The van der Waals surface area contributed by atoms with Crippen LogP contribution in [-0.4, -0.2) is 50.2 Å². The zero-order valence-electron chi connectivity index (χ0n) is 17.8. The highest BCUT2D eigenvalue weighted by molar-refractivity contribution is 7.89. The fourth-order valence-electron chi connectivity index (χ4n) is 4.25. The highest BCUT2D eigenvalue weighted by Gasteiger charge is 2.32. The fraction of sp³-hybridized carbons (Fsp3) is 0.455. The van der Waals surface area contributed by atoms with Crippen molar-refractivity contribution in [1.29, 1.82) is 0 Å². The van der Waals surface area contributed by atoms with Crippen LogP contribution < -0.4 is 10.2 Å². The Morgan fingerprint density at radius 1 is 1.10 bits per heavy atom. The van der Waals surface area contributed by atoms with E-state index in [4.69, 9.17) is 4.42 Å². The summed E-state index contributed by atoms with van der Waals surface area (Å²) in [5, 5.41) is 2.94. The number of rotatable bonds is 5. The predicted molar refractivity (Wildman–Crippen MR) is 115 cm³/mol. The molecule has 0 spiro atoms. The van der Waals surface area contributed by atoms with Gasteiger partial charge < -0.3 is 14.6 Å². The van der Waals surface area contributed by atoms with Crippen molar-refractivity contribution < 1.29 is 22.4 Å². The summed E-state index contributed by atoms with van der Waals surface area (Å²) in [6.07, 6.45) is 3.90. The van der Waals surface area contributed by atoms with E-state index in [0.717, 1.165) is 17.7 Å². The minimum atomic E-state index is -3.65. The van der Waals surface area contributed by atoms with Gasteiger partial charge in [-0.05, 0) is 62.9 Å². The third kappa shape index (κ3) is 4.24. The number of sulfonamides is 1. The molecule has 2 aromatic rings. The maximum absolute atomic E-state index is 13.2. The quantitative estimate of drug-likeness (QED) is 0.763. The Labute approximate surface area is 182 Å². The summed E-state index contributed by atoms with van der Waals surface area (Å²) in [4.78, 5) is 26.3. The van der Waals surface area contributed by atoms with Crippen LogP contribution in [0.15, 0.2) is 39.8 Å². The lowest BCUT2D eigenvalue weighted by atomic mass is 10.1. The molecule has 0 bridgehead atoms. The molecule has 0 atom stereocenters. The molecule has 3 heterocycles. The average molecular weight is 446 g/mol. The molecule has 0 saturated carbocycles. The molecule has 2 fully saturated rings. The number of hydrogen-bond donors (Lipinski definition) is 1. The third-order valence-corrected chi connectivity index (χ3v) is 8.08. The Balaban J connectivity index is 1.41. The first-order chi connectivity index (χ1) is 14.8. The predicted octanol–water partition coefficient (Wildman–Crippen LogP) is 2.61. The zero-order valence-corrected chi connectivity index (χ0v) is 18.6. The van der Waals surface area contributed by atoms with Crippen LogP contribution in [0.1, 0.15) is 47.4 Å². The molecule has 1 aromatic heterocycles. The summed E-state index contributed by atoms with van der Waals surface area (Å²) >= 11 is 0. The molecular formula is C22H27N3O5S. The van der Waals surface area contributed by atoms with Crippen molar-refractivity contribution in [3.8, 4) is 0 Å². The van der Waals surface area contributed by atoms with Gasteiger partial charge in [0.1, 0.15) is 0 Å². The molecule has 0 unspecified atom stereocenters. The lowest BCUT2D eigenvalue weighted by Gasteiger charge is -2.32. The van der Waals surface area contributed by atoms with E-state index in [1.54, 1.807) is 43.0 Å². The second kappa shape index (κ2) is 8.47. The van der Waals surface area contributed by atoms with Gasteiger partial charge in [-0.3, -0.25) is 9.59 Å². The van der Waals surface area contributed by atoms with E-state index in [0.29, 0.717) is 50.2 Å². The molecule has 9 heteroatoms. The number of amides is 2. The van der Waals surface area contributed by atoms with Crippen molar-refractivity contribution >= 4 is 27.5 Å². The molecular weight excluding hydrogens is 418 g/mol. The number of anilines is 1. The van der Waals surface area contributed by atoms with Gasteiger partial charge in [0, 0.05) is 43.3 Å². The van der Waals surface area contributed by atoms with Crippen molar-refractivity contribution in [2.45, 2.75) is 50.5 Å². The molecule has 8 nitrogen and oxygen atoms in total. The van der Waals surface area contributed by atoms with Gasteiger partial charge in [0.05, 0.1) is 11.2 Å². The Hall–Kier alpha value is -2.65. The van der Waals surface area contributed by atoms with Gasteiger partial charge >= 0.3 is 0 Å². The van der Waals surface area contributed by atoms with Crippen molar-refractivity contribution in [2.24, 2.45) is 0 Å². The number of carbonyl (C=O) groups is 2. The first-order valence-corrected chi connectivity index (χ1v) is 12.0. The van der Waals surface area contributed by atoms with Crippen LogP contribution in [-0.2, 0) is 14.8 Å². The van der Waals surface area contributed by atoms with Gasteiger partial charge in [-0.2, -0.15) is 4.31 Å². The standard InChI is InChI=1S/C22H27N3O5S/c1-15-9-13-30-21(15)22(27)23-17-7-11-24(12-8-17)31(28,29)19-6-5-18(14-16(19)2)25-10-3-4-20(25)26/h5-6,9,13-14,17H,3-4,7-8,10-12H2,1-2H3,(H,23,27). The second-order valence-electron chi connectivity index (χ2n) is 8.18. The van der Waals surface area contributed by atoms with Crippen molar-refractivity contribution in [3.05, 3.63) is 47.4 Å². The summed E-state index contributed by atoms with van der Waals surface area (Å²) < 4.78 is 33.1. The molecule has 31 heavy (non-hydrogen) atoms. The first kappa shape index (κ1) is 21.6. The Kier molecular flexibility index (Phi) is 5.90. The largest absolute Gasteiger partial charge is 0.459 e. The maximum Gasteiger partial charge on any atom is 0.287 e. The summed E-state index contributed by atoms with van der Waals surface area (Å²) in [7, 11) is -3.65. The molecule has 2 amide bonds. The van der Waals surface area contributed by atoms with Gasteiger partial charge in [0.2, 0.25) is 15.9 Å². The molecule has 2 saturated heterocycles. The number of piperidine rings is 1. The van der Waals surface area contributed by atoms with E-state index < -0.39 is 10.0 Å². The van der Waals surface area contributed by atoms with E-state index in [-0.39, 0.29) is 22.8 Å². The number of nitrogens with zero attached hydrogens (tertiary/aromatic N) is 2. The topological polar surface area (TPSA) is 99.9 Å². The van der Waals surface area contributed by atoms with Gasteiger partial charge in [0.15, 0.2) is 5.76 Å². The molecule has 0 radical (unpaired) electrons. The maximum atomic E-state index is 13.2. The van der Waals surface area contributed by atoms with E-state index in [2.05, 4.69) is 5.32 Å². The number of hydrogen-bond acceptors (Lipinski definition) is 5. The lowest BCUT2D eigenvalue weighted by molar-refractivity contribution is -0.117.